The van der Waals surface area contributed by atoms with E-state index in [9.17, 15) is 9.90 Å². The highest BCUT2D eigenvalue weighted by molar-refractivity contribution is 6.05. The Morgan fingerprint density at radius 1 is 1.48 bits per heavy atom. The smallest absolute Gasteiger partial charge is 0.255 e. The fourth-order valence-electron chi connectivity index (χ4n) is 3.29. The first-order valence-corrected chi connectivity index (χ1v) is 7.54. The van der Waals surface area contributed by atoms with E-state index in [0.29, 0.717) is 23.6 Å². The quantitative estimate of drug-likeness (QED) is 0.911. The first kappa shape index (κ1) is 14.1. The molecule has 1 aliphatic rings. The predicted molar refractivity (Wildman–Crippen MR) is 81.1 cm³/mol. The van der Waals surface area contributed by atoms with Crippen molar-refractivity contribution in [2.24, 2.45) is 5.92 Å². The summed E-state index contributed by atoms with van der Waals surface area (Å²) in [5.74, 6) is 0.321. The van der Waals surface area contributed by atoms with Gasteiger partial charge in [0.1, 0.15) is 11.8 Å². The van der Waals surface area contributed by atoms with E-state index in [1.165, 1.54) is 6.26 Å². The van der Waals surface area contributed by atoms with Gasteiger partial charge in [-0.2, -0.15) is 0 Å². The highest BCUT2D eigenvalue weighted by Crippen LogP contribution is 2.31. The Morgan fingerprint density at radius 3 is 3.10 bits per heavy atom. The van der Waals surface area contributed by atoms with Crippen molar-refractivity contribution in [2.75, 3.05) is 6.54 Å². The normalized spacial score (nSPS) is 25.9. The first-order valence-electron chi connectivity index (χ1n) is 7.54. The summed E-state index contributed by atoms with van der Waals surface area (Å²) in [5.41, 5.74) is 0.457. The molecule has 1 saturated carbocycles. The van der Waals surface area contributed by atoms with Gasteiger partial charge in [-0.3, -0.25) is 4.79 Å². The maximum absolute atomic E-state index is 12.3. The Balaban J connectivity index is 1.69. The van der Waals surface area contributed by atoms with Crippen LogP contribution in [0.2, 0.25) is 0 Å². The van der Waals surface area contributed by atoms with Crippen LogP contribution < -0.4 is 5.32 Å². The lowest BCUT2D eigenvalue weighted by Gasteiger charge is -2.35. The van der Waals surface area contributed by atoms with E-state index in [4.69, 9.17) is 4.42 Å². The second-order valence-electron chi connectivity index (χ2n) is 6.25. The molecule has 1 heterocycles. The van der Waals surface area contributed by atoms with Crippen LogP contribution in [0.1, 0.15) is 43.0 Å². The highest BCUT2D eigenvalue weighted by atomic mass is 16.3. The van der Waals surface area contributed by atoms with Crippen LogP contribution in [0.3, 0.4) is 0 Å². The molecular weight excluding hydrogens is 266 g/mol. The number of carbonyl (C=O) groups excluding carboxylic acids is 1. The standard InChI is InChI=1S/C17H21NO3/c1-12-5-4-8-17(20,9-12)11-18-16(19)14-10-21-15-7-3-2-6-13(14)15/h2-3,6-7,10,12,20H,4-5,8-9,11H2,1H3,(H,18,19). The summed E-state index contributed by atoms with van der Waals surface area (Å²) in [4.78, 5) is 12.3. The maximum atomic E-state index is 12.3. The average Bonchev–Trinajstić information content (AvgIpc) is 2.89. The number of aliphatic hydroxyl groups is 1. The van der Waals surface area contributed by atoms with E-state index in [1.807, 2.05) is 24.3 Å². The van der Waals surface area contributed by atoms with E-state index in [1.54, 1.807) is 0 Å². The molecule has 2 aromatic rings. The van der Waals surface area contributed by atoms with Gasteiger partial charge in [-0.05, 0) is 24.8 Å². The number of benzene rings is 1. The van der Waals surface area contributed by atoms with Crippen molar-refractivity contribution >= 4 is 16.9 Å². The summed E-state index contributed by atoms with van der Waals surface area (Å²) < 4.78 is 5.38. The van der Waals surface area contributed by atoms with Gasteiger partial charge in [0, 0.05) is 11.9 Å². The molecule has 2 unspecified atom stereocenters. The predicted octanol–water partition coefficient (Wildman–Crippen LogP) is 3.10. The number of furan rings is 1. The van der Waals surface area contributed by atoms with Crippen molar-refractivity contribution in [3.8, 4) is 0 Å². The number of carbonyl (C=O) groups is 1. The van der Waals surface area contributed by atoms with Gasteiger partial charge in [-0.1, -0.05) is 38.0 Å². The van der Waals surface area contributed by atoms with Crippen molar-refractivity contribution in [3.05, 3.63) is 36.1 Å². The summed E-state index contributed by atoms with van der Waals surface area (Å²) in [5, 5.41) is 14.2. The molecule has 112 valence electrons. The third kappa shape index (κ3) is 2.95. The molecule has 1 fully saturated rings. The summed E-state index contributed by atoms with van der Waals surface area (Å²) >= 11 is 0. The molecule has 3 rings (SSSR count). The minimum Gasteiger partial charge on any atom is -0.463 e. The van der Waals surface area contributed by atoms with Crippen molar-refractivity contribution in [1.29, 1.82) is 0 Å². The van der Waals surface area contributed by atoms with Crippen LogP contribution in [-0.4, -0.2) is 23.2 Å². The number of nitrogens with one attached hydrogen (secondary N) is 1. The van der Waals surface area contributed by atoms with Gasteiger partial charge in [0.15, 0.2) is 0 Å². The molecule has 2 atom stereocenters. The van der Waals surface area contributed by atoms with Crippen LogP contribution in [0.15, 0.2) is 34.9 Å². The van der Waals surface area contributed by atoms with Crippen LogP contribution in [-0.2, 0) is 0 Å². The van der Waals surface area contributed by atoms with Gasteiger partial charge in [0.05, 0.1) is 11.2 Å². The topological polar surface area (TPSA) is 62.5 Å². The second kappa shape index (κ2) is 5.53. The Morgan fingerprint density at radius 2 is 2.29 bits per heavy atom. The highest BCUT2D eigenvalue weighted by Gasteiger charge is 2.33. The zero-order chi connectivity index (χ0) is 14.9. The molecule has 1 aliphatic carbocycles. The molecule has 4 heteroatoms. The third-order valence-corrected chi connectivity index (χ3v) is 4.37. The van der Waals surface area contributed by atoms with Gasteiger partial charge >= 0.3 is 0 Å². The Kier molecular flexibility index (Phi) is 3.72. The van der Waals surface area contributed by atoms with Crippen LogP contribution in [0, 0.1) is 5.92 Å². The van der Waals surface area contributed by atoms with Crippen LogP contribution in [0.25, 0.3) is 11.0 Å². The summed E-state index contributed by atoms with van der Waals surface area (Å²) in [7, 11) is 0. The molecule has 0 bridgehead atoms. The molecule has 0 saturated heterocycles. The van der Waals surface area contributed by atoms with E-state index in [-0.39, 0.29) is 5.91 Å². The lowest BCUT2D eigenvalue weighted by Crippen LogP contribution is -2.45. The van der Waals surface area contributed by atoms with Crippen LogP contribution in [0.4, 0.5) is 0 Å². The second-order valence-corrected chi connectivity index (χ2v) is 6.25. The monoisotopic (exact) mass is 287 g/mol. The van der Waals surface area contributed by atoms with E-state index in [2.05, 4.69) is 12.2 Å². The molecule has 0 radical (unpaired) electrons. The number of hydrogen-bond acceptors (Lipinski definition) is 3. The largest absolute Gasteiger partial charge is 0.463 e. The fraction of sp³-hybridized carbons (Fsp3) is 0.471. The SMILES string of the molecule is CC1CCCC(O)(CNC(=O)c2coc3ccccc23)C1. The molecule has 0 aliphatic heterocycles. The van der Waals surface area contributed by atoms with E-state index < -0.39 is 5.60 Å². The molecule has 1 aromatic heterocycles. The van der Waals surface area contributed by atoms with Gasteiger partial charge in [0.2, 0.25) is 0 Å². The van der Waals surface area contributed by atoms with Gasteiger partial charge in [-0.25, -0.2) is 0 Å². The van der Waals surface area contributed by atoms with Crippen LogP contribution in [0.5, 0.6) is 0 Å². The molecular formula is C17H21NO3. The van der Waals surface area contributed by atoms with Crippen molar-refractivity contribution in [2.45, 2.75) is 38.2 Å². The Labute approximate surface area is 124 Å². The molecule has 1 aromatic carbocycles. The summed E-state index contributed by atoms with van der Waals surface area (Å²) in [6.07, 6.45) is 5.15. The van der Waals surface area contributed by atoms with Crippen molar-refractivity contribution in [3.63, 3.8) is 0 Å². The summed E-state index contributed by atoms with van der Waals surface area (Å²) in [6, 6.07) is 7.46. The number of amides is 1. The van der Waals surface area contributed by atoms with Gasteiger partial charge in [0.25, 0.3) is 5.91 Å². The Bertz CT molecular complexity index is 648. The lowest BCUT2D eigenvalue weighted by atomic mass is 9.79. The zero-order valence-corrected chi connectivity index (χ0v) is 12.3. The lowest BCUT2D eigenvalue weighted by molar-refractivity contribution is -0.0109. The van der Waals surface area contributed by atoms with Gasteiger partial charge < -0.3 is 14.8 Å². The number of para-hydroxylation sites is 1. The molecule has 4 nitrogen and oxygen atoms in total. The number of rotatable bonds is 3. The summed E-state index contributed by atoms with van der Waals surface area (Å²) in [6.45, 7) is 2.45. The van der Waals surface area contributed by atoms with Gasteiger partial charge in [-0.15, -0.1) is 0 Å². The molecule has 21 heavy (non-hydrogen) atoms. The third-order valence-electron chi connectivity index (χ3n) is 4.37. The van der Waals surface area contributed by atoms with Crippen molar-refractivity contribution < 1.29 is 14.3 Å². The zero-order valence-electron chi connectivity index (χ0n) is 12.3. The fourth-order valence-corrected chi connectivity index (χ4v) is 3.29. The van der Waals surface area contributed by atoms with E-state index in [0.717, 1.165) is 31.1 Å². The Hall–Kier alpha value is -1.81. The minimum absolute atomic E-state index is 0.188. The minimum atomic E-state index is -0.771. The molecule has 0 spiro atoms. The first-order chi connectivity index (χ1) is 10.1. The molecule has 2 N–H and O–H groups in total. The average molecular weight is 287 g/mol. The van der Waals surface area contributed by atoms with Crippen molar-refractivity contribution in [1.82, 2.24) is 5.32 Å². The number of fused-ring (bicyclic) bond motifs is 1. The molecule has 1 amide bonds. The number of hydrogen-bond donors (Lipinski definition) is 2. The maximum Gasteiger partial charge on any atom is 0.255 e. The van der Waals surface area contributed by atoms with E-state index >= 15 is 0 Å². The van der Waals surface area contributed by atoms with Crippen LogP contribution >= 0.6 is 0 Å².